The molecule has 2 nitrogen and oxygen atoms in total. The Hall–Kier alpha value is 0.886. The second-order valence-corrected chi connectivity index (χ2v) is 0.557. The Morgan fingerprint density at radius 3 is 1.50 bits per heavy atom. The molecule has 0 saturated carbocycles. The third kappa shape index (κ3) is 13.1. The van der Waals surface area contributed by atoms with E-state index in [1.54, 1.807) is 0 Å². The first-order valence-corrected chi connectivity index (χ1v) is 2.73. The van der Waals surface area contributed by atoms with Crippen molar-refractivity contribution >= 4 is 0 Å². The molecular weight excluding hydrogens is 223 g/mol. The maximum absolute atomic E-state index is 8.54. The van der Waals surface area contributed by atoms with Crippen molar-refractivity contribution in [3.63, 3.8) is 0 Å². The Morgan fingerprint density at radius 1 is 1.50 bits per heavy atom. The van der Waals surface area contributed by atoms with Crippen molar-refractivity contribution in [3.8, 4) is 0 Å². The molecule has 0 amide bonds. The van der Waals surface area contributed by atoms with Gasteiger partial charge in [0.15, 0.2) is 0 Å². The van der Waals surface area contributed by atoms with Gasteiger partial charge in [0.05, 0.1) is 0 Å². The summed E-state index contributed by atoms with van der Waals surface area (Å²) in [7, 11) is 0. The zero-order chi connectivity index (χ0) is 2.71. The minimum atomic E-state index is -2.25. The SMILES string of the molecule is [H-].[Li+].[O]=[W]=[O]. The summed E-state index contributed by atoms with van der Waals surface area (Å²) in [5.41, 5.74) is 0. The van der Waals surface area contributed by atoms with Crippen LogP contribution in [0.5, 0.6) is 0 Å². The van der Waals surface area contributed by atoms with E-state index >= 15 is 0 Å². The van der Waals surface area contributed by atoms with Crippen LogP contribution < -0.4 is 18.9 Å². The summed E-state index contributed by atoms with van der Waals surface area (Å²) in [6, 6.07) is 0. The van der Waals surface area contributed by atoms with E-state index in [-0.39, 0.29) is 20.3 Å². The zero-order valence-corrected chi connectivity index (χ0v) is 5.16. The summed E-state index contributed by atoms with van der Waals surface area (Å²) >= 11 is -2.25. The van der Waals surface area contributed by atoms with Gasteiger partial charge in [-0.1, -0.05) is 0 Å². The summed E-state index contributed by atoms with van der Waals surface area (Å²) in [6.07, 6.45) is 0. The summed E-state index contributed by atoms with van der Waals surface area (Å²) in [6.45, 7) is 0. The molecule has 0 aliphatic rings. The first-order chi connectivity index (χ1) is 1.41. The fraction of sp³-hybridized carbons (Fsp3) is 0. The molecule has 0 aliphatic heterocycles. The second-order valence-electron chi connectivity index (χ2n) is 0.0680. The molecule has 0 atom stereocenters. The van der Waals surface area contributed by atoms with Crippen molar-refractivity contribution in [2.24, 2.45) is 0 Å². The minimum absolute atomic E-state index is 0. The molecule has 0 saturated heterocycles. The Balaban J connectivity index is -0.0000000200. The van der Waals surface area contributed by atoms with E-state index in [0.29, 0.717) is 0 Å². The Labute approximate surface area is 45.8 Å². The molecule has 0 fully saturated rings. The van der Waals surface area contributed by atoms with Crippen molar-refractivity contribution in [1.82, 2.24) is 0 Å². The number of rotatable bonds is 0. The predicted molar refractivity (Wildman–Crippen MR) is 2.49 cm³/mol. The topological polar surface area (TPSA) is 34.1 Å². The van der Waals surface area contributed by atoms with Crippen LogP contribution >= 0.6 is 0 Å². The zero-order valence-electron chi connectivity index (χ0n) is 3.22. The average Bonchev–Trinajstić information content (AvgIpc) is 0.918. The van der Waals surface area contributed by atoms with Gasteiger partial charge in [-0.15, -0.1) is 0 Å². The van der Waals surface area contributed by atoms with Gasteiger partial charge in [-0.3, -0.25) is 0 Å². The fourth-order valence-electron chi connectivity index (χ4n) is 0. The van der Waals surface area contributed by atoms with E-state index in [1.807, 2.05) is 0 Å². The monoisotopic (exact) mass is 224 g/mol. The van der Waals surface area contributed by atoms with Crippen molar-refractivity contribution in [1.29, 1.82) is 0 Å². The van der Waals surface area contributed by atoms with Crippen molar-refractivity contribution in [2.45, 2.75) is 0 Å². The maximum atomic E-state index is 8.54. The van der Waals surface area contributed by atoms with Gasteiger partial charge in [0.1, 0.15) is 0 Å². The first-order valence-electron chi connectivity index (χ1n) is 0.333. The van der Waals surface area contributed by atoms with Crippen LogP contribution in [0.25, 0.3) is 0 Å². The second kappa shape index (κ2) is 9.10. The van der Waals surface area contributed by atoms with E-state index in [2.05, 4.69) is 0 Å². The van der Waals surface area contributed by atoms with Crippen LogP contribution in [0.15, 0.2) is 0 Å². The van der Waals surface area contributed by atoms with E-state index in [4.69, 9.17) is 6.80 Å². The van der Waals surface area contributed by atoms with E-state index in [1.165, 1.54) is 0 Å². The van der Waals surface area contributed by atoms with Gasteiger partial charge >= 0.3 is 44.1 Å². The van der Waals surface area contributed by atoms with Crippen LogP contribution in [0.1, 0.15) is 1.43 Å². The van der Waals surface area contributed by atoms with Crippen LogP contribution in [0.3, 0.4) is 0 Å². The average molecular weight is 224 g/mol. The molecule has 0 aliphatic carbocycles. The number of hydrogen-bond acceptors (Lipinski definition) is 2. The molecule has 0 rings (SSSR count). The van der Waals surface area contributed by atoms with Crippen LogP contribution in [-0.2, 0) is 25.3 Å². The van der Waals surface area contributed by atoms with Crippen molar-refractivity contribution in [2.75, 3.05) is 0 Å². The predicted octanol–water partition coefficient (Wildman–Crippen LogP) is -3.12. The molecule has 0 spiro atoms. The number of hydrogen-bond donors (Lipinski definition) is 0. The van der Waals surface area contributed by atoms with Gasteiger partial charge in [-0.25, -0.2) is 0 Å². The molecule has 0 bridgehead atoms. The molecule has 0 heterocycles. The van der Waals surface area contributed by atoms with Crippen molar-refractivity contribution < 1.29 is 45.6 Å². The third-order valence-corrected chi connectivity index (χ3v) is 0. The van der Waals surface area contributed by atoms with Gasteiger partial charge in [0.2, 0.25) is 0 Å². The van der Waals surface area contributed by atoms with Gasteiger partial charge in [0.25, 0.3) is 0 Å². The molecule has 0 N–H and O–H groups in total. The van der Waals surface area contributed by atoms with E-state index < -0.39 is 18.5 Å². The third-order valence-electron chi connectivity index (χ3n) is 0. The summed E-state index contributed by atoms with van der Waals surface area (Å²) in [5.74, 6) is 0. The van der Waals surface area contributed by atoms with E-state index in [9.17, 15) is 0 Å². The fourth-order valence-corrected chi connectivity index (χ4v) is 0. The molecule has 20 valence electrons. The van der Waals surface area contributed by atoms with E-state index in [0.717, 1.165) is 0 Å². The first kappa shape index (κ1) is 8.86. The molecule has 0 radical (unpaired) electrons. The summed E-state index contributed by atoms with van der Waals surface area (Å²) in [5, 5.41) is 0. The Morgan fingerprint density at radius 2 is 1.50 bits per heavy atom. The molecule has 4 heavy (non-hydrogen) atoms. The van der Waals surface area contributed by atoms with Crippen LogP contribution in [0, 0.1) is 0 Å². The normalized spacial score (nSPS) is 3.00. The van der Waals surface area contributed by atoms with Gasteiger partial charge in [0, 0.05) is 0 Å². The quantitative estimate of drug-likeness (QED) is 0.408. The Bertz CT molecular complexity index is 30.6. The molecule has 0 aromatic rings. The molecule has 0 aromatic carbocycles. The van der Waals surface area contributed by atoms with Crippen LogP contribution in [0.4, 0.5) is 0 Å². The van der Waals surface area contributed by atoms with Gasteiger partial charge < -0.3 is 1.43 Å². The Kier molecular flexibility index (Phi) is 20.2. The molecule has 0 aromatic heterocycles. The standard InChI is InChI=1S/Li.2O.W.H/q+1;;;;-1. The van der Waals surface area contributed by atoms with Gasteiger partial charge in [-0.05, 0) is 0 Å². The molecule has 0 unspecified atom stereocenters. The summed E-state index contributed by atoms with van der Waals surface area (Å²) < 4.78 is 17.1. The van der Waals surface area contributed by atoms with Crippen molar-refractivity contribution in [3.05, 3.63) is 0 Å². The summed E-state index contributed by atoms with van der Waals surface area (Å²) in [4.78, 5) is 0. The van der Waals surface area contributed by atoms with Crippen LogP contribution in [-0.4, -0.2) is 0 Å². The van der Waals surface area contributed by atoms with Crippen LogP contribution in [0.2, 0.25) is 0 Å². The van der Waals surface area contributed by atoms with Gasteiger partial charge in [-0.2, -0.15) is 0 Å². The molecule has 4 heteroatoms. The molecular formula is HLiO2W.